The van der Waals surface area contributed by atoms with Crippen LogP contribution in [-0.4, -0.2) is 29.7 Å². The lowest BCUT2D eigenvalue weighted by molar-refractivity contribution is -0.149. The minimum Gasteiger partial charge on any atom is -0.481 e. The summed E-state index contributed by atoms with van der Waals surface area (Å²) in [6.45, 7) is 1.84. The van der Waals surface area contributed by atoms with Crippen molar-refractivity contribution in [3.63, 3.8) is 0 Å². The van der Waals surface area contributed by atoms with Crippen LogP contribution in [0.4, 0.5) is 0 Å². The quantitative estimate of drug-likeness (QED) is 0.608. The van der Waals surface area contributed by atoms with Crippen LogP contribution in [0.5, 0.6) is 0 Å². The predicted molar refractivity (Wildman–Crippen MR) is 44.1 cm³/mol. The van der Waals surface area contributed by atoms with Crippen molar-refractivity contribution in [1.29, 1.82) is 0 Å². The Labute approximate surface area is 76.3 Å². The molecule has 1 atom stereocenters. The summed E-state index contributed by atoms with van der Waals surface area (Å²) < 4.78 is 4.48. The van der Waals surface area contributed by atoms with Gasteiger partial charge in [-0.1, -0.05) is 0 Å². The maximum absolute atomic E-state index is 10.7. The van der Waals surface area contributed by atoms with Crippen LogP contribution in [0.1, 0.15) is 13.3 Å². The van der Waals surface area contributed by atoms with Gasteiger partial charge in [0.25, 0.3) is 0 Å². The second-order valence-electron chi connectivity index (χ2n) is 1.96. The Morgan fingerprint density at radius 2 is 2.08 bits per heavy atom. The van der Waals surface area contributed by atoms with E-state index in [4.69, 9.17) is 10.8 Å². The van der Waals surface area contributed by atoms with E-state index in [0.717, 1.165) is 0 Å². The summed E-state index contributed by atoms with van der Waals surface area (Å²) in [5, 5.41) is 8.21. The number of rotatable bonds is 4. The molecule has 0 bridgehead atoms. The Hall–Kier alpha value is -0.810. The van der Waals surface area contributed by atoms with Crippen LogP contribution < -0.4 is 5.73 Å². The minimum absolute atomic E-state index is 0. The van der Waals surface area contributed by atoms with E-state index in [1.165, 1.54) is 0 Å². The predicted octanol–water partition coefficient (Wildman–Crippen LogP) is -0.227. The topological polar surface area (TPSA) is 89.6 Å². The third-order valence-corrected chi connectivity index (χ3v) is 0.984. The molecule has 0 aliphatic rings. The van der Waals surface area contributed by atoms with Crippen molar-refractivity contribution in [2.45, 2.75) is 19.4 Å². The van der Waals surface area contributed by atoms with Crippen LogP contribution in [0.15, 0.2) is 0 Å². The third-order valence-electron chi connectivity index (χ3n) is 0.984. The largest absolute Gasteiger partial charge is 0.481 e. The molecule has 0 saturated heterocycles. The molecule has 0 saturated carbocycles. The highest BCUT2D eigenvalue weighted by Crippen LogP contribution is 1.91. The van der Waals surface area contributed by atoms with E-state index >= 15 is 0 Å². The normalized spacial score (nSPS) is 11.2. The van der Waals surface area contributed by atoms with E-state index < -0.39 is 24.4 Å². The van der Waals surface area contributed by atoms with Crippen LogP contribution in [0.3, 0.4) is 0 Å². The summed E-state index contributed by atoms with van der Waals surface area (Å²) in [5.74, 6) is -1.78. The second-order valence-corrected chi connectivity index (χ2v) is 1.96. The smallest absolute Gasteiger partial charge is 0.323 e. The lowest BCUT2D eigenvalue weighted by atomic mass is 10.2. The number of halogens is 1. The molecular weight excluding hydrogens is 186 g/mol. The molecule has 0 heterocycles. The van der Waals surface area contributed by atoms with E-state index in [9.17, 15) is 9.59 Å². The van der Waals surface area contributed by atoms with Gasteiger partial charge in [0.1, 0.15) is 6.04 Å². The standard InChI is InChI=1S/C6H11NO4.ClH/c1-2-11-6(10)4(7)3-5(8)9;/h4H,2-3,7H2,1H3,(H,8,9);1H/t4-;/m1./s1. The fourth-order valence-electron chi connectivity index (χ4n) is 0.521. The van der Waals surface area contributed by atoms with Gasteiger partial charge in [0, 0.05) is 0 Å². The van der Waals surface area contributed by atoms with Gasteiger partial charge in [0.05, 0.1) is 13.0 Å². The van der Waals surface area contributed by atoms with Crippen LogP contribution in [0, 0.1) is 0 Å². The summed E-state index contributed by atoms with van der Waals surface area (Å²) in [5.41, 5.74) is 5.15. The maximum Gasteiger partial charge on any atom is 0.323 e. The van der Waals surface area contributed by atoms with Crippen LogP contribution in [0.2, 0.25) is 0 Å². The first-order valence-corrected chi connectivity index (χ1v) is 3.22. The molecule has 12 heavy (non-hydrogen) atoms. The van der Waals surface area contributed by atoms with Crippen molar-refractivity contribution in [2.75, 3.05) is 6.61 Å². The van der Waals surface area contributed by atoms with E-state index in [1.807, 2.05) is 0 Å². The molecule has 6 heteroatoms. The van der Waals surface area contributed by atoms with Crippen molar-refractivity contribution in [3.8, 4) is 0 Å². The SMILES string of the molecule is CCOC(=O)[C@H](N)CC(=O)O.Cl. The molecule has 0 fully saturated rings. The molecule has 0 aliphatic heterocycles. The van der Waals surface area contributed by atoms with Gasteiger partial charge >= 0.3 is 11.9 Å². The molecule has 0 spiro atoms. The van der Waals surface area contributed by atoms with Gasteiger partial charge in [-0.2, -0.15) is 0 Å². The van der Waals surface area contributed by atoms with Gasteiger partial charge in [-0.15, -0.1) is 12.4 Å². The molecule has 0 amide bonds. The molecule has 72 valence electrons. The lowest BCUT2D eigenvalue weighted by Crippen LogP contribution is -2.34. The van der Waals surface area contributed by atoms with Gasteiger partial charge in [-0.3, -0.25) is 9.59 Å². The number of carbonyl (C=O) groups excluding carboxylic acids is 1. The zero-order valence-electron chi connectivity index (χ0n) is 6.65. The molecular formula is C6H12ClNO4. The Morgan fingerprint density at radius 3 is 2.42 bits per heavy atom. The van der Waals surface area contributed by atoms with Crippen molar-refractivity contribution >= 4 is 24.3 Å². The van der Waals surface area contributed by atoms with Gasteiger partial charge in [-0.05, 0) is 6.92 Å². The monoisotopic (exact) mass is 197 g/mol. The average Bonchev–Trinajstić information content (AvgIpc) is 1.86. The summed E-state index contributed by atoms with van der Waals surface area (Å²) >= 11 is 0. The number of hydrogen-bond donors (Lipinski definition) is 2. The fourth-order valence-corrected chi connectivity index (χ4v) is 0.521. The Bertz CT molecular complexity index is 162. The molecule has 0 unspecified atom stereocenters. The number of ether oxygens (including phenoxy) is 1. The zero-order valence-corrected chi connectivity index (χ0v) is 7.47. The van der Waals surface area contributed by atoms with Gasteiger partial charge in [0.2, 0.25) is 0 Å². The van der Waals surface area contributed by atoms with Crippen LogP contribution in [-0.2, 0) is 14.3 Å². The molecule has 0 rings (SSSR count). The molecule has 0 aromatic carbocycles. The number of esters is 1. The first kappa shape index (κ1) is 13.8. The maximum atomic E-state index is 10.7. The van der Waals surface area contributed by atoms with Gasteiger partial charge in [0.15, 0.2) is 0 Å². The van der Waals surface area contributed by atoms with E-state index in [0.29, 0.717) is 0 Å². The van der Waals surface area contributed by atoms with E-state index in [2.05, 4.69) is 4.74 Å². The highest BCUT2D eigenvalue weighted by atomic mass is 35.5. The van der Waals surface area contributed by atoms with Crippen LogP contribution >= 0.6 is 12.4 Å². The van der Waals surface area contributed by atoms with E-state index in [1.54, 1.807) is 6.92 Å². The highest BCUT2D eigenvalue weighted by Gasteiger charge is 2.17. The summed E-state index contributed by atoms with van der Waals surface area (Å²) in [4.78, 5) is 20.7. The van der Waals surface area contributed by atoms with Crippen molar-refractivity contribution in [3.05, 3.63) is 0 Å². The summed E-state index contributed by atoms with van der Waals surface area (Å²) in [6, 6.07) is -1.05. The first-order chi connectivity index (χ1) is 5.07. The van der Waals surface area contributed by atoms with Crippen molar-refractivity contribution in [1.82, 2.24) is 0 Å². The number of nitrogens with two attached hydrogens (primary N) is 1. The Morgan fingerprint density at radius 1 is 1.58 bits per heavy atom. The number of carboxylic acid groups (broad SMARTS) is 1. The third kappa shape index (κ3) is 5.94. The number of aliphatic carboxylic acids is 1. The molecule has 0 aromatic heterocycles. The molecule has 0 aliphatic carbocycles. The molecule has 3 N–H and O–H groups in total. The molecule has 0 radical (unpaired) electrons. The van der Waals surface area contributed by atoms with Gasteiger partial charge in [-0.25, -0.2) is 0 Å². The lowest BCUT2D eigenvalue weighted by Gasteiger charge is -2.06. The van der Waals surface area contributed by atoms with Crippen LogP contribution in [0.25, 0.3) is 0 Å². The number of carboxylic acids is 1. The first-order valence-electron chi connectivity index (χ1n) is 3.22. The van der Waals surface area contributed by atoms with Gasteiger partial charge < -0.3 is 15.6 Å². The summed E-state index contributed by atoms with van der Waals surface area (Å²) in [6.07, 6.45) is -0.390. The molecule has 5 nitrogen and oxygen atoms in total. The number of hydrogen-bond acceptors (Lipinski definition) is 4. The zero-order chi connectivity index (χ0) is 8.85. The average molecular weight is 198 g/mol. The Balaban J connectivity index is 0. The van der Waals surface area contributed by atoms with Crippen molar-refractivity contribution in [2.24, 2.45) is 5.73 Å². The van der Waals surface area contributed by atoms with E-state index in [-0.39, 0.29) is 19.0 Å². The Kier molecular flexibility index (Phi) is 7.88. The summed E-state index contributed by atoms with van der Waals surface area (Å²) in [7, 11) is 0. The minimum atomic E-state index is -1.11. The molecule has 0 aromatic rings. The number of carbonyl (C=O) groups is 2. The van der Waals surface area contributed by atoms with Crippen molar-refractivity contribution < 1.29 is 19.4 Å². The second kappa shape index (κ2) is 6.87. The highest BCUT2D eigenvalue weighted by molar-refractivity contribution is 5.85. The fraction of sp³-hybridized carbons (Fsp3) is 0.667.